The SMILES string of the molecule is CCOc1cccc(C(=O)OC(C)(C)C)c1OC. The molecule has 0 heterocycles. The maximum Gasteiger partial charge on any atom is 0.342 e. The predicted octanol–water partition coefficient (Wildman–Crippen LogP) is 3.05. The number of para-hydroxylation sites is 1. The van der Waals surface area contributed by atoms with E-state index in [2.05, 4.69) is 0 Å². The molecule has 0 aromatic heterocycles. The summed E-state index contributed by atoms with van der Waals surface area (Å²) >= 11 is 0. The highest BCUT2D eigenvalue weighted by Gasteiger charge is 2.22. The fourth-order valence-corrected chi connectivity index (χ4v) is 1.49. The molecule has 0 saturated carbocycles. The van der Waals surface area contributed by atoms with Gasteiger partial charge in [0.25, 0.3) is 0 Å². The van der Waals surface area contributed by atoms with Gasteiger partial charge < -0.3 is 14.2 Å². The van der Waals surface area contributed by atoms with Crippen molar-refractivity contribution in [2.45, 2.75) is 33.3 Å². The van der Waals surface area contributed by atoms with E-state index in [9.17, 15) is 4.79 Å². The molecule has 0 fully saturated rings. The average molecular weight is 252 g/mol. The summed E-state index contributed by atoms with van der Waals surface area (Å²) in [5, 5.41) is 0. The highest BCUT2D eigenvalue weighted by Crippen LogP contribution is 2.32. The van der Waals surface area contributed by atoms with Crippen LogP contribution in [0.15, 0.2) is 18.2 Å². The van der Waals surface area contributed by atoms with Gasteiger partial charge in [0.2, 0.25) is 0 Å². The summed E-state index contributed by atoms with van der Waals surface area (Å²) in [7, 11) is 1.51. The first-order valence-corrected chi connectivity index (χ1v) is 5.92. The molecule has 1 aromatic carbocycles. The van der Waals surface area contributed by atoms with Crippen molar-refractivity contribution in [3.05, 3.63) is 23.8 Å². The van der Waals surface area contributed by atoms with Crippen LogP contribution in [0.5, 0.6) is 11.5 Å². The second kappa shape index (κ2) is 5.76. The second-order valence-corrected chi connectivity index (χ2v) is 4.77. The van der Waals surface area contributed by atoms with Gasteiger partial charge in [0.15, 0.2) is 11.5 Å². The van der Waals surface area contributed by atoms with Crippen molar-refractivity contribution < 1.29 is 19.0 Å². The smallest absolute Gasteiger partial charge is 0.342 e. The Morgan fingerprint density at radius 2 is 1.94 bits per heavy atom. The summed E-state index contributed by atoms with van der Waals surface area (Å²) in [5.74, 6) is 0.540. The van der Waals surface area contributed by atoms with Gasteiger partial charge in [-0.3, -0.25) is 0 Å². The van der Waals surface area contributed by atoms with Crippen molar-refractivity contribution in [2.75, 3.05) is 13.7 Å². The van der Waals surface area contributed by atoms with Gasteiger partial charge in [-0.2, -0.15) is 0 Å². The van der Waals surface area contributed by atoms with Gasteiger partial charge in [-0.25, -0.2) is 4.79 Å². The molecule has 0 N–H and O–H groups in total. The molecule has 0 atom stereocenters. The molecule has 1 rings (SSSR count). The third-order valence-electron chi connectivity index (χ3n) is 2.10. The largest absolute Gasteiger partial charge is 0.492 e. The zero-order valence-corrected chi connectivity index (χ0v) is 11.6. The first kappa shape index (κ1) is 14.4. The third kappa shape index (κ3) is 3.65. The van der Waals surface area contributed by atoms with E-state index in [-0.39, 0.29) is 0 Å². The maximum atomic E-state index is 12.0. The van der Waals surface area contributed by atoms with Crippen LogP contribution in [0.3, 0.4) is 0 Å². The lowest BCUT2D eigenvalue weighted by molar-refractivity contribution is 0.00658. The lowest BCUT2D eigenvalue weighted by Crippen LogP contribution is -2.24. The van der Waals surface area contributed by atoms with Gasteiger partial charge in [-0.05, 0) is 39.8 Å². The highest BCUT2D eigenvalue weighted by molar-refractivity contribution is 5.93. The Morgan fingerprint density at radius 3 is 2.44 bits per heavy atom. The monoisotopic (exact) mass is 252 g/mol. The molecule has 0 aliphatic rings. The molecule has 0 spiro atoms. The number of carbonyl (C=O) groups excluding carboxylic acids is 1. The summed E-state index contributed by atoms with van der Waals surface area (Å²) in [6.07, 6.45) is 0. The Balaban J connectivity index is 3.08. The number of carbonyl (C=O) groups is 1. The van der Waals surface area contributed by atoms with Gasteiger partial charge >= 0.3 is 5.97 Å². The lowest BCUT2D eigenvalue weighted by atomic mass is 10.1. The predicted molar refractivity (Wildman–Crippen MR) is 69.3 cm³/mol. The third-order valence-corrected chi connectivity index (χ3v) is 2.10. The molecule has 0 radical (unpaired) electrons. The Morgan fingerprint density at radius 1 is 1.28 bits per heavy atom. The summed E-state index contributed by atoms with van der Waals surface area (Å²) in [4.78, 5) is 12.0. The number of esters is 1. The first-order valence-electron chi connectivity index (χ1n) is 5.92. The van der Waals surface area contributed by atoms with Crippen LogP contribution in [-0.2, 0) is 4.74 Å². The lowest BCUT2D eigenvalue weighted by Gasteiger charge is -2.20. The molecule has 18 heavy (non-hydrogen) atoms. The van der Waals surface area contributed by atoms with Crippen LogP contribution in [0.2, 0.25) is 0 Å². The maximum absolute atomic E-state index is 12.0. The normalized spacial score (nSPS) is 10.9. The van der Waals surface area contributed by atoms with Crippen LogP contribution in [0.1, 0.15) is 38.1 Å². The van der Waals surface area contributed by atoms with Gasteiger partial charge in [0, 0.05) is 0 Å². The van der Waals surface area contributed by atoms with E-state index in [1.54, 1.807) is 18.2 Å². The zero-order valence-electron chi connectivity index (χ0n) is 11.6. The molecule has 0 amide bonds. The number of methoxy groups -OCH3 is 1. The molecular formula is C14H20O4. The molecule has 4 nitrogen and oxygen atoms in total. The average Bonchev–Trinajstić information content (AvgIpc) is 2.27. The molecule has 0 bridgehead atoms. The van der Waals surface area contributed by atoms with Crippen LogP contribution in [-0.4, -0.2) is 25.3 Å². The molecule has 1 aromatic rings. The van der Waals surface area contributed by atoms with Crippen molar-refractivity contribution in [3.63, 3.8) is 0 Å². The first-order chi connectivity index (χ1) is 8.39. The minimum absolute atomic E-state index is 0.373. The van der Waals surface area contributed by atoms with E-state index in [1.165, 1.54) is 7.11 Å². The van der Waals surface area contributed by atoms with Crippen LogP contribution in [0.4, 0.5) is 0 Å². The number of hydrogen-bond acceptors (Lipinski definition) is 4. The van der Waals surface area contributed by atoms with E-state index in [4.69, 9.17) is 14.2 Å². The minimum atomic E-state index is -0.538. The molecule has 0 unspecified atom stereocenters. The van der Waals surface area contributed by atoms with Crippen molar-refractivity contribution in [1.29, 1.82) is 0 Å². The Bertz CT molecular complexity index is 418. The van der Waals surface area contributed by atoms with Crippen molar-refractivity contribution in [2.24, 2.45) is 0 Å². The summed E-state index contributed by atoms with van der Waals surface area (Å²) < 4.78 is 16.0. The fraction of sp³-hybridized carbons (Fsp3) is 0.500. The van der Waals surface area contributed by atoms with E-state index in [0.717, 1.165) is 0 Å². The van der Waals surface area contributed by atoms with Crippen LogP contribution in [0, 0.1) is 0 Å². The topological polar surface area (TPSA) is 44.8 Å². The molecule has 0 saturated heterocycles. The Labute approximate surface area is 108 Å². The summed E-state index contributed by atoms with van der Waals surface area (Å²) in [6, 6.07) is 5.17. The van der Waals surface area contributed by atoms with Crippen molar-refractivity contribution in [3.8, 4) is 11.5 Å². The van der Waals surface area contributed by atoms with Gasteiger partial charge in [0.05, 0.1) is 13.7 Å². The molecule has 0 aliphatic heterocycles. The fourth-order valence-electron chi connectivity index (χ4n) is 1.49. The number of hydrogen-bond donors (Lipinski definition) is 0. The van der Waals surface area contributed by atoms with Crippen molar-refractivity contribution in [1.82, 2.24) is 0 Å². The molecule has 0 aliphatic carbocycles. The van der Waals surface area contributed by atoms with Crippen molar-refractivity contribution >= 4 is 5.97 Å². The molecular weight excluding hydrogens is 232 g/mol. The van der Waals surface area contributed by atoms with Crippen LogP contribution >= 0.6 is 0 Å². The molecule has 100 valence electrons. The minimum Gasteiger partial charge on any atom is -0.492 e. The second-order valence-electron chi connectivity index (χ2n) is 4.77. The van der Waals surface area contributed by atoms with E-state index in [0.29, 0.717) is 23.7 Å². The standard InChI is InChI=1S/C14H20O4/c1-6-17-11-9-7-8-10(12(11)16-5)13(15)18-14(2,3)4/h7-9H,6H2,1-5H3. The van der Waals surface area contributed by atoms with Gasteiger partial charge in [-0.1, -0.05) is 6.07 Å². The highest BCUT2D eigenvalue weighted by atomic mass is 16.6. The van der Waals surface area contributed by atoms with Crippen LogP contribution in [0.25, 0.3) is 0 Å². The van der Waals surface area contributed by atoms with E-state index >= 15 is 0 Å². The summed E-state index contributed by atoms with van der Waals surface area (Å²) in [5.41, 5.74) is -0.164. The van der Waals surface area contributed by atoms with Gasteiger partial charge in [0.1, 0.15) is 11.2 Å². The Hall–Kier alpha value is -1.71. The Kier molecular flexibility index (Phi) is 4.59. The molecule has 4 heteroatoms. The van der Waals surface area contributed by atoms with Gasteiger partial charge in [-0.15, -0.1) is 0 Å². The zero-order chi connectivity index (χ0) is 13.8. The number of benzene rings is 1. The summed E-state index contributed by atoms with van der Waals surface area (Å²) in [6.45, 7) is 7.85. The van der Waals surface area contributed by atoms with E-state index in [1.807, 2.05) is 27.7 Å². The van der Waals surface area contributed by atoms with E-state index < -0.39 is 11.6 Å². The number of ether oxygens (including phenoxy) is 3. The number of rotatable bonds is 4. The quantitative estimate of drug-likeness (QED) is 0.773. The van der Waals surface area contributed by atoms with Crippen LogP contribution < -0.4 is 9.47 Å².